The molecule has 5 heteroatoms. The number of carbonyl (C=O) groups excluding carboxylic acids is 1. The molecule has 0 saturated carbocycles. The van der Waals surface area contributed by atoms with Gasteiger partial charge in [-0.25, -0.2) is 0 Å². The molecule has 1 heterocycles. The Morgan fingerprint density at radius 2 is 2.00 bits per heavy atom. The molecule has 148 valence electrons. The predicted octanol–water partition coefficient (Wildman–Crippen LogP) is 3.71. The van der Waals surface area contributed by atoms with Gasteiger partial charge in [0.1, 0.15) is 17.6 Å². The molecule has 0 aliphatic carbocycles. The van der Waals surface area contributed by atoms with E-state index in [2.05, 4.69) is 16.3 Å². The molecule has 5 nitrogen and oxygen atoms in total. The van der Waals surface area contributed by atoms with Crippen molar-refractivity contribution in [3.63, 3.8) is 0 Å². The second-order valence-corrected chi connectivity index (χ2v) is 6.92. The number of benzene rings is 2. The van der Waals surface area contributed by atoms with Crippen molar-refractivity contribution in [2.45, 2.75) is 26.5 Å². The van der Waals surface area contributed by atoms with Crippen LogP contribution in [0.5, 0.6) is 11.5 Å². The van der Waals surface area contributed by atoms with Crippen LogP contribution in [-0.2, 0) is 11.3 Å². The van der Waals surface area contributed by atoms with E-state index in [0.29, 0.717) is 13.1 Å². The third kappa shape index (κ3) is 4.73. The number of methoxy groups -OCH3 is 1. The summed E-state index contributed by atoms with van der Waals surface area (Å²) in [6.07, 6.45) is 1.68. The van der Waals surface area contributed by atoms with Crippen LogP contribution in [0.15, 0.2) is 60.2 Å². The first kappa shape index (κ1) is 20.0. The number of hydrogen-bond donors (Lipinski definition) is 1. The lowest BCUT2D eigenvalue weighted by Gasteiger charge is -2.25. The molecule has 0 spiro atoms. The van der Waals surface area contributed by atoms with Crippen LogP contribution in [0.2, 0.25) is 0 Å². The second kappa shape index (κ2) is 9.42. The fourth-order valence-corrected chi connectivity index (χ4v) is 3.34. The maximum Gasteiger partial charge on any atom is 0.246 e. The number of rotatable bonds is 6. The summed E-state index contributed by atoms with van der Waals surface area (Å²) in [5.74, 6) is 1.70. The highest BCUT2D eigenvalue weighted by molar-refractivity contribution is 5.92. The molecule has 1 aliphatic rings. The van der Waals surface area contributed by atoms with Gasteiger partial charge in [-0.3, -0.25) is 9.69 Å². The molecule has 3 rings (SSSR count). The summed E-state index contributed by atoms with van der Waals surface area (Å²) in [7, 11) is 1.68. The van der Waals surface area contributed by atoms with Crippen LogP contribution in [0, 0.1) is 0 Å². The van der Waals surface area contributed by atoms with Crippen LogP contribution in [0.3, 0.4) is 0 Å². The van der Waals surface area contributed by atoms with Gasteiger partial charge in [0.05, 0.1) is 7.11 Å². The molecule has 1 N–H and O–H groups in total. The summed E-state index contributed by atoms with van der Waals surface area (Å²) in [5.41, 5.74) is 2.91. The minimum absolute atomic E-state index is 0.0183. The normalized spacial score (nSPS) is 17.2. The molecule has 1 amide bonds. The maximum atomic E-state index is 12.0. The number of nitrogens with zero attached hydrogens (tertiary/aromatic N) is 1. The van der Waals surface area contributed by atoms with Crippen LogP contribution >= 0.6 is 0 Å². The number of para-hydroxylation sites is 2. The van der Waals surface area contributed by atoms with Crippen molar-refractivity contribution in [2.75, 3.05) is 26.7 Å². The van der Waals surface area contributed by atoms with Crippen molar-refractivity contribution >= 4 is 5.91 Å². The molecule has 1 unspecified atom stereocenters. The molecule has 1 atom stereocenters. The molecule has 0 fully saturated rings. The van der Waals surface area contributed by atoms with E-state index in [0.717, 1.165) is 41.3 Å². The topological polar surface area (TPSA) is 50.8 Å². The highest BCUT2D eigenvalue weighted by atomic mass is 16.5. The van der Waals surface area contributed by atoms with E-state index in [1.54, 1.807) is 7.11 Å². The number of fused-ring (bicyclic) bond motifs is 1. The van der Waals surface area contributed by atoms with Crippen LogP contribution < -0.4 is 14.8 Å². The monoisotopic (exact) mass is 380 g/mol. The Morgan fingerprint density at radius 3 is 2.79 bits per heavy atom. The first-order valence-electron chi connectivity index (χ1n) is 9.63. The lowest BCUT2D eigenvalue weighted by atomic mass is 10.1. The summed E-state index contributed by atoms with van der Waals surface area (Å²) in [6.45, 7) is 6.52. The zero-order valence-electron chi connectivity index (χ0n) is 16.8. The number of hydrogen-bond acceptors (Lipinski definition) is 4. The third-order valence-electron chi connectivity index (χ3n) is 5.05. The summed E-state index contributed by atoms with van der Waals surface area (Å²) >= 11 is 0. The van der Waals surface area contributed by atoms with Gasteiger partial charge < -0.3 is 14.8 Å². The molecule has 1 aliphatic heterocycles. The lowest BCUT2D eigenvalue weighted by Crippen LogP contribution is -2.36. The quantitative estimate of drug-likeness (QED) is 0.776. The van der Waals surface area contributed by atoms with E-state index in [1.165, 1.54) is 0 Å². The first-order chi connectivity index (χ1) is 13.6. The SMILES string of the molecule is C/C=C(\C)C(=O)NCCN1Cc2ccccc2OC(c2ccccc2OC)C1. The second-order valence-electron chi connectivity index (χ2n) is 6.92. The predicted molar refractivity (Wildman–Crippen MR) is 111 cm³/mol. The van der Waals surface area contributed by atoms with E-state index in [-0.39, 0.29) is 12.0 Å². The van der Waals surface area contributed by atoms with E-state index in [9.17, 15) is 4.79 Å². The average Bonchev–Trinajstić information content (AvgIpc) is 2.92. The largest absolute Gasteiger partial charge is 0.496 e. The number of nitrogens with one attached hydrogen (secondary N) is 1. The Kier molecular flexibility index (Phi) is 6.71. The van der Waals surface area contributed by atoms with E-state index >= 15 is 0 Å². The zero-order valence-corrected chi connectivity index (χ0v) is 16.8. The summed E-state index contributed by atoms with van der Waals surface area (Å²) < 4.78 is 11.9. The molecular weight excluding hydrogens is 352 g/mol. The van der Waals surface area contributed by atoms with Gasteiger partial charge >= 0.3 is 0 Å². The Morgan fingerprint density at radius 1 is 1.25 bits per heavy atom. The lowest BCUT2D eigenvalue weighted by molar-refractivity contribution is -0.117. The first-order valence-corrected chi connectivity index (χ1v) is 9.63. The number of allylic oxidation sites excluding steroid dienone is 1. The van der Waals surface area contributed by atoms with Crippen LogP contribution in [0.4, 0.5) is 0 Å². The molecule has 0 radical (unpaired) electrons. The average molecular weight is 380 g/mol. The highest BCUT2D eigenvalue weighted by Gasteiger charge is 2.26. The molecule has 0 saturated heterocycles. The standard InChI is InChI=1S/C23H28N2O3/c1-4-17(2)23(26)24-13-14-25-15-18-9-5-7-11-20(18)28-22(16-25)19-10-6-8-12-21(19)27-3/h4-12,22H,13-16H2,1-3H3,(H,24,26)/b17-4+. The minimum atomic E-state index is -0.146. The smallest absolute Gasteiger partial charge is 0.246 e. The Hall–Kier alpha value is -2.79. The van der Waals surface area contributed by atoms with E-state index < -0.39 is 0 Å². The summed E-state index contributed by atoms with van der Waals surface area (Å²) in [5, 5.41) is 2.99. The fraction of sp³-hybridized carbons (Fsp3) is 0.348. The van der Waals surface area contributed by atoms with Crippen LogP contribution in [0.25, 0.3) is 0 Å². The van der Waals surface area contributed by atoms with Gasteiger partial charge in [0.15, 0.2) is 0 Å². The van der Waals surface area contributed by atoms with Gasteiger partial charge in [-0.05, 0) is 26.0 Å². The van der Waals surface area contributed by atoms with Gasteiger partial charge in [0.2, 0.25) is 5.91 Å². The van der Waals surface area contributed by atoms with Gasteiger partial charge in [-0.1, -0.05) is 42.5 Å². The third-order valence-corrected chi connectivity index (χ3v) is 5.05. The van der Waals surface area contributed by atoms with Crippen LogP contribution in [0.1, 0.15) is 31.1 Å². The van der Waals surface area contributed by atoms with Crippen LogP contribution in [-0.4, -0.2) is 37.6 Å². The van der Waals surface area contributed by atoms with Crippen molar-refractivity contribution in [2.24, 2.45) is 0 Å². The van der Waals surface area contributed by atoms with Crippen molar-refractivity contribution in [1.29, 1.82) is 0 Å². The Balaban J connectivity index is 1.78. The summed E-state index contributed by atoms with van der Waals surface area (Å²) in [4.78, 5) is 14.3. The Bertz CT molecular complexity index is 847. The van der Waals surface area contributed by atoms with Crippen molar-refractivity contribution in [3.05, 3.63) is 71.3 Å². The van der Waals surface area contributed by atoms with E-state index in [1.807, 2.05) is 62.4 Å². The highest BCUT2D eigenvalue weighted by Crippen LogP contribution is 2.34. The van der Waals surface area contributed by atoms with Crippen molar-refractivity contribution in [3.8, 4) is 11.5 Å². The number of ether oxygens (including phenoxy) is 2. The molecule has 28 heavy (non-hydrogen) atoms. The molecular formula is C23H28N2O3. The Labute approximate surface area is 167 Å². The van der Waals surface area contributed by atoms with Gasteiger partial charge in [-0.15, -0.1) is 0 Å². The molecule has 2 aromatic rings. The van der Waals surface area contributed by atoms with E-state index in [4.69, 9.17) is 9.47 Å². The number of carbonyl (C=O) groups is 1. The summed E-state index contributed by atoms with van der Waals surface area (Å²) in [6, 6.07) is 16.1. The van der Waals surface area contributed by atoms with Gasteiger partial charge in [0, 0.05) is 42.9 Å². The van der Waals surface area contributed by atoms with Crippen molar-refractivity contribution < 1.29 is 14.3 Å². The fourth-order valence-electron chi connectivity index (χ4n) is 3.34. The van der Waals surface area contributed by atoms with Gasteiger partial charge in [-0.2, -0.15) is 0 Å². The van der Waals surface area contributed by atoms with Gasteiger partial charge in [0.25, 0.3) is 0 Å². The molecule has 0 bridgehead atoms. The molecule has 0 aromatic heterocycles. The minimum Gasteiger partial charge on any atom is -0.496 e. The maximum absolute atomic E-state index is 12.0. The van der Waals surface area contributed by atoms with Crippen molar-refractivity contribution in [1.82, 2.24) is 10.2 Å². The number of amides is 1. The zero-order chi connectivity index (χ0) is 19.9. The molecule has 2 aromatic carbocycles.